The predicted molar refractivity (Wildman–Crippen MR) is 170 cm³/mol. The van der Waals surface area contributed by atoms with E-state index in [-0.39, 0.29) is 12.1 Å². The number of imidazole rings is 2. The number of ether oxygens (including phenoxy) is 1. The molecule has 1 aliphatic heterocycles. The van der Waals surface area contributed by atoms with Crippen molar-refractivity contribution in [3.8, 4) is 17.0 Å². The van der Waals surface area contributed by atoms with E-state index in [0.717, 1.165) is 65.6 Å². The van der Waals surface area contributed by atoms with E-state index in [2.05, 4.69) is 24.8 Å². The molecule has 0 amide bonds. The highest BCUT2D eigenvalue weighted by Crippen LogP contribution is 2.38. The number of nitrogens with one attached hydrogen (secondary N) is 1. The van der Waals surface area contributed by atoms with Crippen molar-refractivity contribution in [1.29, 1.82) is 0 Å². The van der Waals surface area contributed by atoms with Crippen molar-refractivity contribution in [2.24, 2.45) is 0 Å². The van der Waals surface area contributed by atoms with Crippen molar-refractivity contribution in [2.75, 3.05) is 19.4 Å². The van der Waals surface area contributed by atoms with Gasteiger partial charge in [-0.3, -0.25) is 4.90 Å². The zero-order valence-electron chi connectivity index (χ0n) is 25.7. The van der Waals surface area contributed by atoms with E-state index in [1.807, 2.05) is 47.1 Å². The molecule has 1 saturated carbocycles. The van der Waals surface area contributed by atoms with Gasteiger partial charge in [-0.15, -0.1) is 0 Å². The molecule has 0 radical (unpaired) electrons. The largest absolute Gasteiger partial charge is 0.496 e. The molecule has 0 bridgehead atoms. The summed E-state index contributed by atoms with van der Waals surface area (Å²) in [6.45, 7) is 1.62. The fraction of sp³-hybridized carbons (Fsp3) is 0.364. The Kier molecular flexibility index (Phi) is 7.12. The number of fused-ring (bicyclic) bond motifs is 3. The standard InChI is InChI=1S/C33H33F3N10O/c1-47-25-5-3-2-4-19(25)15-27-40-23-11-6-20(14-24(23)41-27)30-29-31(37)38-18-39-32(29)46(43-30)22-9-7-21(8-10-22)44-12-13-45-16-26(33(34,35)36)42-28(45)17-44/h2-6,11,14,16,18,21-22H,7-10,12-13,15,17H2,1H3,(H,40,41)(H2,37,38,39)/t21-,22+. The molecule has 1 aliphatic carbocycles. The number of benzene rings is 2. The molecular formula is C33H33F3N10O. The van der Waals surface area contributed by atoms with Crippen LogP contribution in [0.5, 0.6) is 5.75 Å². The predicted octanol–water partition coefficient (Wildman–Crippen LogP) is 5.77. The molecule has 0 saturated heterocycles. The second-order valence-electron chi connectivity index (χ2n) is 12.3. The number of nitrogens with zero attached hydrogens (tertiary/aromatic N) is 8. The Morgan fingerprint density at radius 2 is 1.81 bits per heavy atom. The fourth-order valence-corrected chi connectivity index (χ4v) is 7.16. The first-order chi connectivity index (χ1) is 22.7. The van der Waals surface area contributed by atoms with E-state index in [0.29, 0.717) is 54.4 Å². The summed E-state index contributed by atoms with van der Waals surface area (Å²) in [6.07, 6.45) is 2.26. The molecule has 242 valence electrons. The van der Waals surface area contributed by atoms with Crippen LogP contribution in [0.25, 0.3) is 33.3 Å². The molecule has 1 fully saturated rings. The van der Waals surface area contributed by atoms with E-state index >= 15 is 0 Å². The molecule has 11 nitrogen and oxygen atoms in total. The van der Waals surface area contributed by atoms with Crippen LogP contribution in [-0.2, 0) is 25.7 Å². The zero-order valence-corrected chi connectivity index (χ0v) is 25.7. The maximum atomic E-state index is 13.2. The lowest BCUT2D eigenvalue weighted by Gasteiger charge is -2.38. The Bertz CT molecular complexity index is 2090. The topological polar surface area (TPSA) is 129 Å². The van der Waals surface area contributed by atoms with Gasteiger partial charge in [-0.2, -0.15) is 18.3 Å². The van der Waals surface area contributed by atoms with Gasteiger partial charge in [0, 0.05) is 42.9 Å². The van der Waals surface area contributed by atoms with Gasteiger partial charge in [-0.1, -0.05) is 24.3 Å². The van der Waals surface area contributed by atoms with Crippen LogP contribution in [0.2, 0.25) is 0 Å². The van der Waals surface area contributed by atoms with Gasteiger partial charge in [0.15, 0.2) is 11.3 Å². The molecule has 2 aromatic carbocycles. The highest BCUT2D eigenvalue weighted by molar-refractivity contribution is 5.99. The fourth-order valence-electron chi connectivity index (χ4n) is 7.16. The van der Waals surface area contributed by atoms with Crippen molar-refractivity contribution in [3.63, 3.8) is 0 Å². The number of rotatable bonds is 6. The minimum absolute atomic E-state index is 0.101. The van der Waals surface area contributed by atoms with Gasteiger partial charge in [0.1, 0.15) is 35.2 Å². The van der Waals surface area contributed by atoms with Crippen LogP contribution in [0, 0.1) is 0 Å². The number of hydrogen-bond acceptors (Lipinski definition) is 8. The molecule has 6 aromatic rings. The van der Waals surface area contributed by atoms with Crippen LogP contribution < -0.4 is 10.5 Å². The SMILES string of the molecule is COc1ccccc1Cc1nc2ccc(-c3nn([C@H]4CC[C@@H](N5CCn6cc(C(F)(F)F)nc6C5)CC4)c4ncnc(N)c34)cc2[nH]1. The number of aromatic nitrogens is 8. The smallest absolute Gasteiger partial charge is 0.434 e. The minimum atomic E-state index is -4.43. The molecule has 5 heterocycles. The normalized spacial score (nSPS) is 19.0. The van der Waals surface area contributed by atoms with Crippen LogP contribution in [0.4, 0.5) is 19.0 Å². The highest BCUT2D eigenvalue weighted by Gasteiger charge is 2.37. The van der Waals surface area contributed by atoms with Crippen molar-refractivity contribution in [1.82, 2.24) is 44.2 Å². The van der Waals surface area contributed by atoms with Crippen molar-refractivity contribution >= 4 is 27.9 Å². The number of halogens is 3. The summed E-state index contributed by atoms with van der Waals surface area (Å²) >= 11 is 0. The van der Waals surface area contributed by atoms with Crippen LogP contribution in [0.1, 0.15) is 54.6 Å². The first-order valence-corrected chi connectivity index (χ1v) is 15.7. The van der Waals surface area contributed by atoms with Crippen molar-refractivity contribution < 1.29 is 17.9 Å². The molecule has 2 aliphatic rings. The van der Waals surface area contributed by atoms with E-state index in [9.17, 15) is 13.2 Å². The van der Waals surface area contributed by atoms with Gasteiger partial charge in [-0.05, 0) is 43.9 Å². The van der Waals surface area contributed by atoms with E-state index in [1.54, 1.807) is 11.7 Å². The Morgan fingerprint density at radius 1 is 1.00 bits per heavy atom. The number of methoxy groups -OCH3 is 1. The van der Waals surface area contributed by atoms with Crippen LogP contribution in [0.15, 0.2) is 55.0 Å². The number of H-pyrrole nitrogens is 1. The Labute approximate surface area is 267 Å². The molecule has 0 unspecified atom stereocenters. The summed E-state index contributed by atoms with van der Waals surface area (Å²) in [5, 5.41) is 5.80. The first-order valence-electron chi connectivity index (χ1n) is 15.7. The minimum Gasteiger partial charge on any atom is -0.496 e. The van der Waals surface area contributed by atoms with Crippen LogP contribution in [0.3, 0.4) is 0 Å². The summed E-state index contributed by atoms with van der Waals surface area (Å²) in [6, 6.07) is 14.3. The number of anilines is 1. The molecule has 47 heavy (non-hydrogen) atoms. The molecule has 3 N–H and O–H groups in total. The maximum Gasteiger partial charge on any atom is 0.434 e. The number of alkyl halides is 3. The Morgan fingerprint density at radius 3 is 2.62 bits per heavy atom. The monoisotopic (exact) mass is 642 g/mol. The second kappa shape index (κ2) is 11.4. The van der Waals surface area contributed by atoms with Gasteiger partial charge in [0.05, 0.1) is 36.1 Å². The molecule has 8 rings (SSSR count). The average molecular weight is 643 g/mol. The van der Waals surface area contributed by atoms with Gasteiger partial charge in [-0.25, -0.2) is 24.6 Å². The van der Waals surface area contributed by atoms with Crippen LogP contribution >= 0.6 is 0 Å². The third-order valence-corrected chi connectivity index (χ3v) is 9.52. The highest BCUT2D eigenvalue weighted by atomic mass is 19.4. The Balaban J connectivity index is 1.03. The second-order valence-corrected chi connectivity index (χ2v) is 12.3. The molecule has 0 atom stereocenters. The lowest BCUT2D eigenvalue weighted by atomic mass is 9.90. The van der Waals surface area contributed by atoms with Crippen LogP contribution in [-0.4, -0.2) is 63.9 Å². The van der Waals surface area contributed by atoms with E-state index in [4.69, 9.17) is 20.6 Å². The third-order valence-electron chi connectivity index (χ3n) is 9.52. The summed E-state index contributed by atoms with van der Waals surface area (Å²) < 4.78 is 48.8. The summed E-state index contributed by atoms with van der Waals surface area (Å²) in [4.78, 5) is 23.3. The summed E-state index contributed by atoms with van der Waals surface area (Å²) in [7, 11) is 1.66. The first kappa shape index (κ1) is 29.4. The molecule has 14 heteroatoms. The molecule has 0 spiro atoms. The Hall–Kier alpha value is -4.98. The van der Waals surface area contributed by atoms with Gasteiger partial charge >= 0.3 is 6.18 Å². The van der Waals surface area contributed by atoms with Gasteiger partial charge in [0.2, 0.25) is 0 Å². The van der Waals surface area contributed by atoms with Crippen molar-refractivity contribution in [2.45, 2.75) is 63.5 Å². The lowest BCUT2D eigenvalue weighted by Crippen LogP contribution is -2.43. The van der Waals surface area contributed by atoms with Crippen molar-refractivity contribution in [3.05, 3.63) is 77.9 Å². The van der Waals surface area contributed by atoms with Gasteiger partial charge in [0.25, 0.3) is 0 Å². The third kappa shape index (κ3) is 5.35. The van der Waals surface area contributed by atoms with Gasteiger partial charge < -0.3 is 20.0 Å². The molecular weight excluding hydrogens is 609 g/mol. The lowest BCUT2D eigenvalue weighted by molar-refractivity contribution is -0.141. The number of para-hydroxylation sites is 1. The van der Waals surface area contributed by atoms with E-state index in [1.165, 1.54) is 6.33 Å². The number of hydrogen-bond donors (Lipinski definition) is 2. The number of nitrogens with two attached hydrogens (primary N) is 1. The zero-order chi connectivity index (χ0) is 32.3. The number of aromatic amines is 1. The summed E-state index contributed by atoms with van der Waals surface area (Å²) in [5.74, 6) is 2.49. The molecule has 4 aromatic heterocycles. The maximum absolute atomic E-state index is 13.2. The quantitative estimate of drug-likeness (QED) is 0.235. The van der Waals surface area contributed by atoms with E-state index < -0.39 is 11.9 Å². The number of nitrogen functional groups attached to an aromatic ring is 1. The average Bonchev–Trinajstić information content (AvgIpc) is 3.80. The summed E-state index contributed by atoms with van der Waals surface area (Å²) in [5.41, 5.74) is 10.7.